The van der Waals surface area contributed by atoms with Crippen molar-refractivity contribution >= 4 is 17.9 Å². The minimum atomic E-state index is 0.486. The van der Waals surface area contributed by atoms with Crippen molar-refractivity contribution in [2.75, 3.05) is 14.1 Å². The Labute approximate surface area is 124 Å². The largest absolute Gasteiger partial charge is 0.457 e. The molecule has 0 aliphatic heterocycles. The molecule has 0 bridgehead atoms. The van der Waals surface area contributed by atoms with Crippen LogP contribution in [0.5, 0.6) is 11.5 Å². The van der Waals surface area contributed by atoms with E-state index in [1.54, 1.807) is 6.34 Å². The van der Waals surface area contributed by atoms with Crippen LogP contribution in [0.2, 0.25) is 5.02 Å². The normalized spacial score (nSPS) is 10.8. The van der Waals surface area contributed by atoms with Gasteiger partial charge in [-0.05, 0) is 24.3 Å². The topological polar surface area (TPSA) is 24.8 Å². The molecular weight excluding hydrogens is 272 g/mol. The number of nitrogens with zero attached hydrogens (tertiary/aromatic N) is 2. The summed E-state index contributed by atoms with van der Waals surface area (Å²) in [4.78, 5) is 6.22. The van der Waals surface area contributed by atoms with E-state index < -0.39 is 0 Å². The van der Waals surface area contributed by atoms with Crippen LogP contribution in [0.4, 0.5) is 0 Å². The number of hydrogen-bond acceptors (Lipinski definition) is 2. The molecule has 0 atom stereocenters. The van der Waals surface area contributed by atoms with Gasteiger partial charge in [0.1, 0.15) is 11.5 Å². The monoisotopic (exact) mass is 288 g/mol. The molecule has 0 heterocycles. The van der Waals surface area contributed by atoms with Gasteiger partial charge in [0.2, 0.25) is 0 Å². The maximum Gasteiger partial charge on any atom is 0.133 e. The fourth-order valence-corrected chi connectivity index (χ4v) is 1.92. The Bertz CT molecular complexity index is 582. The zero-order chi connectivity index (χ0) is 14.4. The summed E-state index contributed by atoms with van der Waals surface area (Å²) in [5, 5.41) is 0.661. The Morgan fingerprint density at radius 1 is 1.10 bits per heavy atom. The van der Waals surface area contributed by atoms with Gasteiger partial charge >= 0.3 is 0 Å². The van der Waals surface area contributed by atoms with Crippen molar-refractivity contribution in [1.29, 1.82) is 0 Å². The van der Waals surface area contributed by atoms with Crippen LogP contribution in [0.25, 0.3) is 0 Å². The van der Waals surface area contributed by atoms with Gasteiger partial charge in [0.05, 0.1) is 12.9 Å². The fourth-order valence-electron chi connectivity index (χ4n) is 1.70. The third kappa shape index (κ3) is 4.00. The number of benzene rings is 2. The van der Waals surface area contributed by atoms with Crippen LogP contribution in [0.15, 0.2) is 53.5 Å². The third-order valence-electron chi connectivity index (χ3n) is 2.61. The summed E-state index contributed by atoms with van der Waals surface area (Å²) < 4.78 is 5.88. The molecule has 0 unspecified atom stereocenters. The Balaban J connectivity index is 2.22. The first-order valence-electron chi connectivity index (χ1n) is 6.33. The van der Waals surface area contributed by atoms with Crippen LogP contribution in [0, 0.1) is 0 Å². The minimum Gasteiger partial charge on any atom is -0.457 e. The first kappa shape index (κ1) is 14.4. The average molecular weight is 289 g/mol. The lowest BCUT2D eigenvalue weighted by atomic mass is 10.2. The highest BCUT2D eigenvalue weighted by Gasteiger charge is 2.08. The molecule has 0 N–H and O–H groups in total. The molecule has 0 aliphatic carbocycles. The summed E-state index contributed by atoms with van der Waals surface area (Å²) in [5.41, 5.74) is 0.885. The number of rotatable bonds is 5. The highest BCUT2D eigenvalue weighted by molar-refractivity contribution is 6.31. The molecule has 104 valence electrons. The molecule has 0 saturated carbocycles. The number of para-hydroxylation sites is 1. The van der Waals surface area contributed by atoms with E-state index >= 15 is 0 Å². The summed E-state index contributed by atoms with van der Waals surface area (Å²) in [6.07, 6.45) is 1.76. The third-order valence-corrected chi connectivity index (χ3v) is 2.96. The number of aliphatic imine (C=N–C) groups is 1. The standard InChI is InChI=1S/C16H17ClN2O/c1-19(2)12-18-11-14-15(17)9-6-10-16(14)20-13-7-4-3-5-8-13/h3-10,12H,11H2,1-2H3. The minimum absolute atomic E-state index is 0.486. The molecule has 0 radical (unpaired) electrons. The highest BCUT2D eigenvalue weighted by Crippen LogP contribution is 2.30. The molecular formula is C16H17ClN2O. The molecule has 0 amide bonds. The molecule has 0 saturated heterocycles. The van der Waals surface area contributed by atoms with Crippen molar-refractivity contribution < 1.29 is 4.74 Å². The molecule has 2 aromatic carbocycles. The van der Waals surface area contributed by atoms with Gasteiger partial charge in [-0.25, -0.2) is 0 Å². The molecule has 0 aliphatic rings. The van der Waals surface area contributed by atoms with Gasteiger partial charge in [0.25, 0.3) is 0 Å². The van der Waals surface area contributed by atoms with Crippen molar-refractivity contribution in [3.8, 4) is 11.5 Å². The van der Waals surface area contributed by atoms with Crippen LogP contribution >= 0.6 is 11.6 Å². The van der Waals surface area contributed by atoms with Crippen LogP contribution in [0.1, 0.15) is 5.56 Å². The van der Waals surface area contributed by atoms with E-state index in [2.05, 4.69) is 4.99 Å². The lowest BCUT2D eigenvalue weighted by molar-refractivity contribution is 0.476. The summed E-state index contributed by atoms with van der Waals surface area (Å²) in [5.74, 6) is 1.52. The molecule has 20 heavy (non-hydrogen) atoms. The zero-order valence-electron chi connectivity index (χ0n) is 11.6. The first-order valence-corrected chi connectivity index (χ1v) is 6.71. The predicted octanol–water partition coefficient (Wildman–Crippen LogP) is 4.22. The molecule has 3 nitrogen and oxygen atoms in total. The van der Waals surface area contributed by atoms with Crippen molar-refractivity contribution in [3.05, 3.63) is 59.1 Å². The van der Waals surface area contributed by atoms with E-state index in [1.807, 2.05) is 67.5 Å². The Morgan fingerprint density at radius 3 is 2.55 bits per heavy atom. The highest BCUT2D eigenvalue weighted by atomic mass is 35.5. The quantitative estimate of drug-likeness (QED) is 0.608. The first-order chi connectivity index (χ1) is 9.66. The maximum atomic E-state index is 6.24. The van der Waals surface area contributed by atoms with E-state index in [0.717, 1.165) is 17.1 Å². The van der Waals surface area contributed by atoms with E-state index in [0.29, 0.717) is 11.6 Å². The number of halogens is 1. The van der Waals surface area contributed by atoms with Gasteiger partial charge in [0.15, 0.2) is 0 Å². The summed E-state index contributed by atoms with van der Waals surface area (Å²) in [7, 11) is 3.86. The molecule has 0 spiro atoms. The van der Waals surface area contributed by atoms with E-state index in [1.165, 1.54) is 0 Å². The second-order valence-corrected chi connectivity index (χ2v) is 4.96. The predicted molar refractivity (Wildman–Crippen MR) is 83.9 cm³/mol. The van der Waals surface area contributed by atoms with E-state index in [9.17, 15) is 0 Å². The lowest BCUT2D eigenvalue weighted by Crippen LogP contribution is -2.07. The molecule has 0 fully saturated rings. The number of hydrogen-bond donors (Lipinski definition) is 0. The summed E-state index contributed by atoms with van der Waals surface area (Å²) in [6, 6.07) is 15.3. The van der Waals surface area contributed by atoms with Gasteiger partial charge in [-0.2, -0.15) is 0 Å². The van der Waals surface area contributed by atoms with Crippen molar-refractivity contribution in [3.63, 3.8) is 0 Å². The van der Waals surface area contributed by atoms with Gasteiger partial charge in [0, 0.05) is 24.7 Å². The van der Waals surface area contributed by atoms with E-state index in [-0.39, 0.29) is 0 Å². The summed E-state index contributed by atoms with van der Waals surface area (Å²) >= 11 is 6.24. The van der Waals surface area contributed by atoms with Crippen molar-refractivity contribution in [2.45, 2.75) is 6.54 Å². The van der Waals surface area contributed by atoms with Crippen LogP contribution in [0.3, 0.4) is 0 Å². The summed E-state index contributed by atoms with van der Waals surface area (Å²) in [6.45, 7) is 0.486. The van der Waals surface area contributed by atoms with Crippen LogP contribution in [-0.4, -0.2) is 25.3 Å². The second kappa shape index (κ2) is 6.96. The van der Waals surface area contributed by atoms with Gasteiger partial charge < -0.3 is 9.64 Å². The number of ether oxygens (including phenoxy) is 1. The molecule has 0 aromatic heterocycles. The van der Waals surface area contributed by atoms with Gasteiger partial charge in [-0.1, -0.05) is 35.9 Å². The molecule has 4 heteroatoms. The SMILES string of the molecule is CN(C)C=NCc1c(Cl)cccc1Oc1ccccc1. The fraction of sp³-hybridized carbons (Fsp3) is 0.188. The van der Waals surface area contributed by atoms with Crippen molar-refractivity contribution in [2.24, 2.45) is 4.99 Å². The van der Waals surface area contributed by atoms with Crippen molar-refractivity contribution in [1.82, 2.24) is 4.90 Å². The zero-order valence-corrected chi connectivity index (χ0v) is 12.3. The smallest absolute Gasteiger partial charge is 0.133 e. The Hall–Kier alpha value is -2.00. The van der Waals surface area contributed by atoms with Crippen LogP contribution < -0.4 is 4.74 Å². The second-order valence-electron chi connectivity index (χ2n) is 4.55. The molecule has 2 rings (SSSR count). The maximum absolute atomic E-state index is 6.24. The van der Waals surface area contributed by atoms with Crippen LogP contribution in [-0.2, 0) is 6.54 Å². The Kier molecular flexibility index (Phi) is 5.02. The molecule has 2 aromatic rings. The Morgan fingerprint density at radius 2 is 1.85 bits per heavy atom. The van der Waals surface area contributed by atoms with Gasteiger partial charge in [-0.3, -0.25) is 4.99 Å². The van der Waals surface area contributed by atoms with Gasteiger partial charge in [-0.15, -0.1) is 0 Å². The lowest BCUT2D eigenvalue weighted by Gasteiger charge is -2.11. The average Bonchev–Trinajstić information content (AvgIpc) is 2.43. The van der Waals surface area contributed by atoms with E-state index in [4.69, 9.17) is 16.3 Å².